The first-order chi connectivity index (χ1) is 10.1. The minimum atomic E-state index is -4.62. The molecule has 1 aromatic carbocycles. The van der Waals surface area contributed by atoms with Crippen LogP contribution in [0.25, 0.3) is 11.1 Å². The van der Waals surface area contributed by atoms with E-state index in [0.717, 1.165) is 6.20 Å². The second-order valence-electron chi connectivity index (χ2n) is 3.96. The molecule has 10 heteroatoms. The third kappa shape index (κ3) is 3.26. The molecule has 0 aliphatic carbocycles. The highest BCUT2D eigenvalue weighted by atomic mass is 127. The summed E-state index contributed by atoms with van der Waals surface area (Å²) in [6.45, 7) is 0. The molecule has 0 amide bonds. The van der Waals surface area contributed by atoms with Gasteiger partial charge in [0.1, 0.15) is 0 Å². The molecule has 1 heterocycles. The van der Waals surface area contributed by atoms with Gasteiger partial charge in [0.15, 0.2) is 5.69 Å². The fourth-order valence-electron chi connectivity index (χ4n) is 1.68. The highest BCUT2D eigenvalue weighted by Gasteiger charge is 2.36. The quantitative estimate of drug-likeness (QED) is 0.214. The molecule has 2 rings (SSSR count). The van der Waals surface area contributed by atoms with Crippen LogP contribution in [-0.2, 0) is 6.18 Å². The summed E-state index contributed by atoms with van der Waals surface area (Å²) in [6.07, 6.45) is -3.62. The number of rotatable bonds is 1. The van der Waals surface area contributed by atoms with E-state index in [4.69, 9.17) is 58.0 Å². The van der Waals surface area contributed by atoms with Gasteiger partial charge in [-0.1, -0.05) is 58.0 Å². The maximum absolute atomic E-state index is 13.0. The lowest BCUT2D eigenvalue weighted by molar-refractivity contribution is -0.141. The van der Waals surface area contributed by atoms with E-state index in [9.17, 15) is 13.2 Å². The van der Waals surface area contributed by atoms with Crippen LogP contribution in [0, 0.1) is 3.57 Å². The van der Waals surface area contributed by atoms with Crippen molar-refractivity contribution in [3.05, 3.63) is 46.6 Å². The van der Waals surface area contributed by atoms with E-state index in [1.807, 2.05) is 0 Å². The van der Waals surface area contributed by atoms with Gasteiger partial charge in [-0.2, -0.15) is 13.2 Å². The fraction of sp³-hybridized carbons (Fsp3) is 0.0833. The van der Waals surface area contributed by atoms with Gasteiger partial charge in [-0.25, -0.2) is 0 Å². The maximum Gasteiger partial charge on any atom is 0.434 e. The van der Waals surface area contributed by atoms with Gasteiger partial charge in [-0.05, 0) is 28.7 Å². The fourth-order valence-corrected chi connectivity index (χ4v) is 3.91. The predicted octanol–water partition coefficient (Wildman–Crippen LogP) is 7.64. The molecule has 1 aromatic heterocycles. The van der Waals surface area contributed by atoms with Crippen molar-refractivity contribution in [1.29, 1.82) is 0 Å². The molecule has 0 bridgehead atoms. The SMILES string of the molecule is FC(F)(F)c1nccc(-c2c(Cl)c(Cl)c(Cl)c(Cl)c2Cl)c1I. The van der Waals surface area contributed by atoms with Gasteiger partial charge in [0.25, 0.3) is 0 Å². The molecule has 0 N–H and O–H groups in total. The van der Waals surface area contributed by atoms with Crippen LogP contribution < -0.4 is 0 Å². The molecule has 1 nitrogen and oxygen atoms in total. The Bertz CT molecular complexity index is 734. The van der Waals surface area contributed by atoms with Crippen LogP contribution >= 0.6 is 80.6 Å². The Balaban J connectivity index is 2.85. The zero-order valence-corrected chi connectivity index (χ0v) is 15.9. The zero-order chi connectivity index (χ0) is 16.8. The van der Waals surface area contributed by atoms with Gasteiger partial charge in [-0.3, -0.25) is 4.98 Å². The maximum atomic E-state index is 13.0. The molecule has 0 fully saturated rings. The number of nitrogens with zero attached hydrogens (tertiary/aromatic N) is 1. The molecular weight excluding hydrogens is 519 g/mol. The third-order valence-electron chi connectivity index (χ3n) is 2.64. The van der Waals surface area contributed by atoms with Crippen molar-refractivity contribution >= 4 is 80.6 Å². The summed E-state index contributed by atoms with van der Waals surface area (Å²) in [5.41, 5.74) is -0.877. The standard InChI is InChI=1S/C12H2Cl5F3IN/c13-5-4(6(14)8(16)9(17)7(5)15)3-1-2-22-11(10(3)21)12(18,19)20/h1-2H. The van der Waals surface area contributed by atoms with E-state index >= 15 is 0 Å². The summed E-state index contributed by atoms with van der Waals surface area (Å²) in [5, 5.41) is -0.415. The van der Waals surface area contributed by atoms with Gasteiger partial charge in [-0.15, -0.1) is 0 Å². The molecule has 0 saturated heterocycles. The summed E-state index contributed by atoms with van der Waals surface area (Å²) < 4.78 is 38.7. The first-order valence-corrected chi connectivity index (χ1v) is 8.27. The summed E-state index contributed by atoms with van der Waals surface area (Å²) in [4.78, 5) is 3.35. The minimum absolute atomic E-state index is 0.0674. The minimum Gasteiger partial charge on any atom is -0.251 e. The number of aromatic nitrogens is 1. The number of benzene rings is 1. The van der Waals surface area contributed by atoms with Crippen LogP contribution in [0.2, 0.25) is 25.1 Å². The Kier molecular flexibility index (Phi) is 5.68. The van der Waals surface area contributed by atoms with Crippen molar-refractivity contribution in [1.82, 2.24) is 4.98 Å². The lowest BCUT2D eigenvalue weighted by atomic mass is 10.1. The second kappa shape index (κ2) is 6.69. The number of hydrogen-bond donors (Lipinski definition) is 0. The van der Waals surface area contributed by atoms with Gasteiger partial charge < -0.3 is 0 Å². The van der Waals surface area contributed by atoms with E-state index in [0.29, 0.717) is 0 Å². The largest absolute Gasteiger partial charge is 0.434 e. The summed E-state index contributed by atoms with van der Waals surface area (Å²) in [7, 11) is 0. The van der Waals surface area contributed by atoms with Crippen molar-refractivity contribution in [3.8, 4) is 11.1 Å². The van der Waals surface area contributed by atoms with Gasteiger partial charge in [0.05, 0.1) is 28.7 Å². The van der Waals surface area contributed by atoms with Gasteiger partial charge >= 0.3 is 6.18 Å². The van der Waals surface area contributed by atoms with Crippen LogP contribution in [0.1, 0.15) is 5.69 Å². The molecule has 0 spiro atoms. The number of hydrogen-bond acceptors (Lipinski definition) is 1. The molecule has 0 aliphatic rings. The number of pyridine rings is 1. The van der Waals surface area contributed by atoms with Crippen LogP contribution in [0.3, 0.4) is 0 Å². The lowest BCUT2D eigenvalue weighted by Gasteiger charge is -2.16. The first-order valence-electron chi connectivity index (χ1n) is 5.30. The average Bonchev–Trinajstić information content (AvgIpc) is 2.43. The Morgan fingerprint density at radius 1 is 0.864 bits per heavy atom. The van der Waals surface area contributed by atoms with E-state index in [1.165, 1.54) is 28.7 Å². The summed E-state index contributed by atoms with van der Waals surface area (Å²) in [5.74, 6) is 0. The summed E-state index contributed by atoms with van der Waals surface area (Å²) >= 11 is 31.4. The molecular formula is C12H2Cl5F3IN. The number of alkyl halides is 3. The van der Waals surface area contributed by atoms with Gasteiger partial charge in [0, 0.05) is 17.3 Å². The van der Waals surface area contributed by atoms with Crippen molar-refractivity contribution < 1.29 is 13.2 Å². The normalized spacial score (nSPS) is 11.9. The van der Waals surface area contributed by atoms with Crippen LogP contribution in [0.5, 0.6) is 0 Å². The summed E-state index contributed by atoms with van der Waals surface area (Å²) in [6, 6.07) is 1.34. The molecule has 0 unspecified atom stereocenters. The Morgan fingerprint density at radius 2 is 1.32 bits per heavy atom. The molecule has 22 heavy (non-hydrogen) atoms. The smallest absolute Gasteiger partial charge is 0.251 e. The van der Waals surface area contributed by atoms with E-state index < -0.39 is 11.9 Å². The molecule has 0 atom stereocenters. The molecule has 0 aliphatic heterocycles. The lowest BCUT2D eigenvalue weighted by Crippen LogP contribution is -2.11. The van der Waals surface area contributed by atoms with Crippen molar-refractivity contribution in [2.75, 3.05) is 0 Å². The first kappa shape index (κ1) is 18.7. The van der Waals surface area contributed by atoms with Crippen LogP contribution in [-0.4, -0.2) is 4.98 Å². The number of halogens is 9. The highest BCUT2D eigenvalue weighted by Crippen LogP contribution is 2.49. The average molecular weight is 521 g/mol. The third-order valence-corrected chi connectivity index (χ3v) is 6.01. The Labute approximate surface area is 161 Å². The Morgan fingerprint density at radius 3 is 1.77 bits per heavy atom. The van der Waals surface area contributed by atoms with E-state index in [2.05, 4.69) is 4.98 Å². The van der Waals surface area contributed by atoms with Crippen molar-refractivity contribution in [2.45, 2.75) is 6.18 Å². The van der Waals surface area contributed by atoms with Gasteiger partial charge in [0.2, 0.25) is 0 Å². The molecule has 2 aromatic rings. The molecule has 0 radical (unpaired) electrons. The topological polar surface area (TPSA) is 12.9 Å². The predicted molar refractivity (Wildman–Crippen MR) is 92.4 cm³/mol. The highest BCUT2D eigenvalue weighted by molar-refractivity contribution is 14.1. The van der Waals surface area contributed by atoms with E-state index in [1.54, 1.807) is 0 Å². The van der Waals surface area contributed by atoms with Crippen LogP contribution in [0.4, 0.5) is 13.2 Å². The van der Waals surface area contributed by atoms with Crippen molar-refractivity contribution in [3.63, 3.8) is 0 Å². The molecule has 0 saturated carbocycles. The van der Waals surface area contributed by atoms with E-state index in [-0.39, 0.29) is 39.8 Å². The molecule has 118 valence electrons. The Hall–Kier alpha value is 0.340. The monoisotopic (exact) mass is 519 g/mol. The zero-order valence-electron chi connectivity index (χ0n) is 10.0. The van der Waals surface area contributed by atoms with Crippen LogP contribution in [0.15, 0.2) is 12.3 Å². The van der Waals surface area contributed by atoms with Crippen molar-refractivity contribution in [2.24, 2.45) is 0 Å². The second-order valence-corrected chi connectivity index (χ2v) is 6.93.